The van der Waals surface area contributed by atoms with Crippen LogP contribution in [0.25, 0.3) is 10.9 Å². The predicted octanol–water partition coefficient (Wildman–Crippen LogP) is 3.88. The van der Waals surface area contributed by atoms with Gasteiger partial charge in [-0.05, 0) is 19.1 Å². The highest BCUT2D eigenvalue weighted by molar-refractivity contribution is 6.34. The first-order valence-corrected chi connectivity index (χ1v) is 10.0. The first kappa shape index (κ1) is 23.6. The van der Waals surface area contributed by atoms with Gasteiger partial charge < -0.3 is 25.2 Å². The Bertz CT molecular complexity index is 1150. The maximum Gasteiger partial charge on any atom is 0.421 e. The van der Waals surface area contributed by atoms with Gasteiger partial charge in [0.1, 0.15) is 11.4 Å². The number of nitrogens with zero attached hydrogens (tertiary/aromatic N) is 4. The van der Waals surface area contributed by atoms with Crippen molar-refractivity contribution in [1.29, 1.82) is 0 Å². The lowest BCUT2D eigenvalue weighted by atomic mass is 10.1. The zero-order chi connectivity index (χ0) is 23.6. The van der Waals surface area contributed by atoms with Crippen molar-refractivity contribution in [2.75, 3.05) is 37.4 Å². The number of carbonyl (C=O) groups excluding carboxylic acids is 1. The molecule has 8 nitrogen and oxygen atoms in total. The molecule has 3 rings (SSSR count). The van der Waals surface area contributed by atoms with E-state index in [4.69, 9.17) is 16.7 Å². The van der Waals surface area contributed by atoms with Gasteiger partial charge in [0.2, 0.25) is 5.95 Å². The summed E-state index contributed by atoms with van der Waals surface area (Å²) in [6.07, 6.45) is -2.24. The van der Waals surface area contributed by atoms with Gasteiger partial charge in [-0.3, -0.25) is 4.79 Å². The molecule has 172 valence electrons. The van der Waals surface area contributed by atoms with Gasteiger partial charge in [0.05, 0.1) is 28.4 Å². The Hall–Kier alpha value is -3.05. The molecule has 0 unspecified atom stereocenters. The van der Waals surface area contributed by atoms with Crippen LogP contribution in [-0.2, 0) is 13.2 Å². The highest BCUT2D eigenvalue weighted by atomic mass is 35.5. The van der Waals surface area contributed by atoms with E-state index in [2.05, 4.69) is 20.6 Å². The van der Waals surface area contributed by atoms with Gasteiger partial charge in [0, 0.05) is 45.0 Å². The maximum atomic E-state index is 13.2. The Morgan fingerprint density at radius 1 is 1.34 bits per heavy atom. The zero-order valence-corrected chi connectivity index (χ0v) is 18.3. The largest absolute Gasteiger partial charge is 0.421 e. The van der Waals surface area contributed by atoms with Crippen molar-refractivity contribution in [2.45, 2.75) is 13.1 Å². The van der Waals surface area contributed by atoms with Crippen LogP contribution in [0.1, 0.15) is 22.8 Å². The third kappa shape index (κ3) is 4.73. The predicted molar refractivity (Wildman–Crippen MR) is 116 cm³/mol. The number of aliphatic hydroxyl groups excluding tert-OH is 1. The fraction of sp³-hybridized carbons (Fsp3) is 0.350. The average Bonchev–Trinajstić information content (AvgIpc) is 3.03. The fourth-order valence-electron chi connectivity index (χ4n) is 3.20. The van der Waals surface area contributed by atoms with Crippen LogP contribution < -0.4 is 10.6 Å². The van der Waals surface area contributed by atoms with Crippen LogP contribution in [0.2, 0.25) is 5.02 Å². The van der Waals surface area contributed by atoms with Gasteiger partial charge in [-0.25, -0.2) is 4.98 Å². The summed E-state index contributed by atoms with van der Waals surface area (Å²) in [6, 6.07) is 3.25. The minimum Gasteiger partial charge on any atom is -0.395 e. The summed E-state index contributed by atoms with van der Waals surface area (Å²) in [4.78, 5) is 21.8. The molecule has 0 spiro atoms. The molecule has 0 aliphatic rings. The van der Waals surface area contributed by atoms with Crippen LogP contribution in [0.15, 0.2) is 24.5 Å². The standard InChI is InChI=1S/C20H22ClF3N6O2/c1-4-25-17-13(20(22,23)24)9-26-19(28-17)27-15-8-16-11(7-14(15)21)12(10-30(16)3)18(32)29(2)5-6-31/h7-10,31H,4-6H2,1-3H3,(H2,25,26,27,28). The number of rotatable bonds is 7. The molecule has 0 radical (unpaired) electrons. The molecular formula is C20H22ClF3N6O2. The fourth-order valence-corrected chi connectivity index (χ4v) is 3.41. The van der Waals surface area contributed by atoms with E-state index in [9.17, 15) is 18.0 Å². The molecule has 1 aromatic carbocycles. The molecule has 0 atom stereocenters. The summed E-state index contributed by atoms with van der Waals surface area (Å²) in [5.74, 6) is -0.681. The molecule has 3 N–H and O–H groups in total. The van der Waals surface area contributed by atoms with Crippen molar-refractivity contribution in [1.82, 2.24) is 19.4 Å². The van der Waals surface area contributed by atoms with Gasteiger partial charge in [-0.2, -0.15) is 18.2 Å². The lowest BCUT2D eigenvalue weighted by Gasteiger charge is -2.15. The lowest BCUT2D eigenvalue weighted by molar-refractivity contribution is -0.137. The number of carbonyl (C=O) groups is 1. The molecule has 1 amide bonds. The Labute approximate surface area is 187 Å². The highest BCUT2D eigenvalue weighted by Crippen LogP contribution is 2.36. The number of aliphatic hydroxyl groups is 1. The molecule has 0 saturated carbocycles. The molecule has 32 heavy (non-hydrogen) atoms. The van der Waals surface area contributed by atoms with Gasteiger partial charge in [0.15, 0.2) is 0 Å². The third-order valence-corrected chi connectivity index (χ3v) is 5.09. The second kappa shape index (κ2) is 9.21. The van der Waals surface area contributed by atoms with Gasteiger partial charge in [-0.1, -0.05) is 11.6 Å². The summed E-state index contributed by atoms with van der Waals surface area (Å²) in [5.41, 5.74) is 0.470. The Morgan fingerprint density at radius 3 is 2.69 bits per heavy atom. The molecule has 0 fully saturated rings. The molecule has 0 saturated heterocycles. The monoisotopic (exact) mass is 470 g/mol. The van der Waals surface area contributed by atoms with Crippen LogP contribution in [0.5, 0.6) is 0 Å². The molecule has 0 bridgehead atoms. The normalized spacial score (nSPS) is 11.6. The SMILES string of the molecule is CCNc1nc(Nc2cc3c(cc2Cl)c(C(=O)N(C)CCO)cn3C)ncc1C(F)(F)F. The first-order valence-electron chi connectivity index (χ1n) is 9.66. The number of fused-ring (bicyclic) bond motifs is 1. The second-order valence-electron chi connectivity index (χ2n) is 7.06. The minimum absolute atomic E-state index is 0.0663. The van der Waals surface area contributed by atoms with E-state index < -0.39 is 11.7 Å². The van der Waals surface area contributed by atoms with E-state index >= 15 is 0 Å². The number of anilines is 3. The number of aromatic nitrogens is 3. The Balaban J connectivity index is 1.99. The smallest absolute Gasteiger partial charge is 0.395 e. The van der Waals surface area contributed by atoms with Crippen molar-refractivity contribution in [3.05, 3.63) is 40.7 Å². The number of likely N-dealkylation sites (N-methyl/N-ethyl adjacent to an activating group) is 1. The molecule has 0 aliphatic carbocycles. The number of nitrogens with one attached hydrogen (secondary N) is 2. The van der Waals surface area contributed by atoms with Crippen LogP contribution in [0.4, 0.5) is 30.6 Å². The topological polar surface area (TPSA) is 95.3 Å². The zero-order valence-electron chi connectivity index (χ0n) is 17.6. The van der Waals surface area contributed by atoms with Crippen molar-refractivity contribution in [2.24, 2.45) is 7.05 Å². The molecule has 0 aliphatic heterocycles. The van der Waals surface area contributed by atoms with E-state index in [1.807, 2.05) is 0 Å². The number of hydrogen-bond acceptors (Lipinski definition) is 6. The second-order valence-corrected chi connectivity index (χ2v) is 7.47. The number of benzene rings is 1. The quantitative estimate of drug-likeness (QED) is 0.485. The minimum atomic E-state index is -4.60. The van der Waals surface area contributed by atoms with Crippen LogP contribution in [0, 0.1) is 0 Å². The van der Waals surface area contributed by atoms with E-state index in [0.29, 0.717) is 28.4 Å². The number of hydrogen-bond donors (Lipinski definition) is 3. The molecule has 2 aromatic heterocycles. The lowest BCUT2D eigenvalue weighted by Crippen LogP contribution is -2.29. The van der Waals surface area contributed by atoms with E-state index in [1.54, 1.807) is 43.9 Å². The summed E-state index contributed by atoms with van der Waals surface area (Å²) < 4.78 is 41.3. The average molecular weight is 471 g/mol. The summed E-state index contributed by atoms with van der Waals surface area (Å²) in [7, 11) is 3.33. The van der Waals surface area contributed by atoms with E-state index in [0.717, 1.165) is 0 Å². The van der Waals surface area contributed by atoms with Crippen molar-refractivity contribution in [3.8, 4) is 0 Å². The van der Waals surface area contributed by atoms with Crippen molar-refractivity contribution < 1.29 is 23.1 Å². The maximum absolute atomic E-state index is 13.2. The van der Waals surface area contributed by atoms with Crippen LogP contribution in [-0.4, -0.2) is 57.2 Å². The Morgan fingerprint density at radius 2 is 2.06 bits per heavy atom. The first-order chi connectivity index (χ1) is 15.1. The third-order valence-electron chi connectivity index (χ3n) is 4.78. The van der Waals surface area contributed by atoms with Gasteiger partial charge in [0.25, 0.3) is 5.91 Å². The van der Waals surface area contributed by atoms with E-state index in [-0.39, 0.29) is 42.4 Å². The highest BCUT2D eigenvalue weighted by Gasteiger charge is 2.35. The molecule has 3 aromatic rings. The number of alkyl halides is 3. The molecule has 2 heterocycles. The summed E-state index contributed by atoms with van der Waals surface area (Å²) in [5, 5.41) is 15.3. The summed E-state index contributed by atoms with van der Waals surface area (Å²) in [6.45, 7) is 1.93. The van der Waals surface area contributed by atoms with Crippen molar-refractivity contribution in [3.63, 3.8) is 0 Å². The van der Waals surface area contributed by atoms with Crippen molar-refractivity contribution >= 4 is 45.9 Å². The van der Waals surface area contributed by atoms with E-state index in [1.165, 1.54) is 4.90 Å². The van der Waals surface area contributed by atoms with Crippen LogP contribution in [0.3, 0.4) is 0 Å². The number of amides is 1. The molecule has 12 heteroatoms. The Kier molecular flexibility index (Phi) is 6.79. The number of halogens is 4. The number of aryl methyl sites for hydroxylation is 1. The van der Waals surface area contributed by atoms with Gasteiger partial charge in [-0.15, -0.1) is 0 Å². The molecular weight excluding hydrogens is 449 g/mol. The van der Waals surface area contributed by atoms with Gasteiger partial charge >= 0.3 is 6.18 Å². The summed E-state index contributed by atoms with van der Waals surface area (Å²) >= 11 is 6.40. The van der Waals surface area contributed by atoms with Crippen LogP contribution >= 0.6 is 11.6 Å².